The molecule has 2 aromatic heterocycles. The van der Waals surface area contributed by atoms with Gasteiger partial charge in [0, 0.05) is 24.8 Å². The van der Waals surface area contributed by atoms with E-state index in [0.717, 1.165) is 0 Å². The molecule has 0 atom stereocenters. The van der Waals surface area contributed by atoms with Crippen LogP contribution in [0.5, 0.6) is 0 Å². The van der Waals surface area contributed by atoms with Crippen LogP contribution in [-0.2, 0) is 0 Å². The fourth-order valence-corrected chi connectivity index (χ4v) is 0.625. The molecule has 68 valence electrons. The maximum absolute atomic E-state index is 3.78. The molecule has 2 rings (SSSR count). The first kappa shape index (κ1) is 11.2. The lowest BCUT2D eigenvalue weighted by Gasteiger charge is -1.70. The minimum Gasteiger partial charge on any atom is -0.269 e. The van der Waals surface area contributed by atoms with Crippen LogP contribution >= 0.6 is 0 Å². The Kier molecular flexibility index (Phi) is 7.19. The molecular weight excluding hydrogens is 167 g/mol. The number of aromatic nitrogens is 2. The average molecular weight is 178 g/mol. The molecular formula is C10H11FN2. The van der Waals surface area contributed by atoms with E-state index in [9.17, 15) is 0 Å². The second kappa shape index (κ2) is 8.33. The van der Waals surface area contributed by atoms with Gasteiger partial charge >= 0.3 is 0 Å². The molecule has 0 spiro atoms. The number of pyridine rings is 2. The molecule has 0 fully saturated rings. The van der Waals surface area contributed by atoms with E-state index < -0.39 is 0 Å². The summed E-state index contributed by atoms with van der Waals surface area (Å²) in [4.78, 5) is 7.57. The van der Waals surface area contributed by atoms with Crippen LogP contribution in [0.4, 0.5) is 4.70 Å². The summed E-state index contributed by atoms with van der Waals surface area (Å²) in [6.07, 6.45) is 7.00. The topological polar surface area (TPSA) is 25.8 Å². The largest absolute Gasteiger partial charge is 0.269 e. The zero-order valence-corrected chi connectivity index (χ0v) is 7.08. The van der Waals surface area contributed by atoms with Crippen LogP contribution < -0.4 is 0 Å². The molecule has 0 amide bonds. The van der Waals surface area contributed by atoms with Crippen LogP contribution in [0.15, 0.2) is 61.2 Å². The lowest BCUT2D eigenvalue weighted by Crippen LogP contribution is -1.58. The van der Waals surface area contributed by atoms with E-state index in [0.29, 0.717) is 0 Å². The fourth-order valence-electron chi connectivity index (χ4n) is 0.625. The number of hydrogen-bond acceptors (Lipinski definition) is 2. The Morgan fingerprint density at radius 3 is 0.846 bits per heavy atom. The maximum atomic E-state index is 3.78. The molecule has 0 unspecified atom stereocenters. The first-order chi connectivity index (χ1) is 6.00. The second-order valence-electron chi connectivity index (χ2n) is 2.05. The van der Waals surface area contributed by atoms with Crippen molar-refractivity contribution in [3.05, 3.63) is 61.2 Å². The van der Waals surface area contributed by atoms with Crippen molar-refractivity contribution in [1.82, 2.24) is 9.97 Å². The predicted octanol–water partition coefficient (Wildman–Crippen LogP) is 2.32. The quantitative estimate of drug-likeness (QED) is 0.618. The third-order valence-electron chi connectivity index (χ3n) is 1.13. The minimum absolute atomic E-state index is 0. The normalized spacial score (nSPS) is 7.38. The van der Waals surface area contributed by atoms with Gasteiger partial charge in [0.05, 0.1) is 0 Å². The van der Waals surface area contributed by atoms with Crippen molar-refractivity contribution in [2.24, 2.45) is 0 Å². The number of hydrogen-bond donors (Lipinski definition) is 0. The summed E-state index contributed by atoms with van der Waals surface area (Å²) in [6, 6.07) is 11.4. The van der Waals surface area contributed by atoms with Crippen molar-refractivity contribution in [3.8, 4) is 0 Å². The average Bonchev–Trinajstić information content (AvgIpc) is 2.24. The number of nitrogens with zero attached hydrogens (tertiary/aromatic N) is 2. The lowest BCUT2D eigenvalue weighted by atomic mass is 10.5. The zero-order valence-electron chi connectivity index (χ0n) is 7.08. The molecule has 0 aliphatic heterocycles. The van der Waals surface area contributed by atoms with Crippen LogP contribution in [0.1, 0.15) is 0 Å². The van der Waals surface area contributed by atoms with Gasteiger partial charge in [0.1, 0.15) is 0 Å². The molecule has 0 radical (unpaired) electrons. The van der Waals surface area contributed by atoms with Crippen LogP contribution in [0.3, 0.4) is 0 Å². The molecule has 0 N–H and O–H groups in total. The summed E-state index contributed by atoms with van der Waals surface area (Å²) < 4.78 is 0. The van der Waals surface area contributed by atoms with Crippen molar-refractivity contribution < 1.29 is 4.70 Å². The standard InChI is InChI=1S/2C5H5N.FH/c2*1-2-4-6-5-3-1;/h2*1-5H;1H. The summed E-state index contributed by atoms with van der Waals surface area (Å²) >= 11 is 0. The first-order valence-electron chi connectivity index (χ1n) is 3.70. The van der Waals surface area contributed by atoms with Gasteiger partial charge in [0.25, 0.3) is 0 Å². The number of rotatable bonds is 0. The van der Waals surface area contributed by atoms with Crippen molar-refractivity contribution in [3.63, 3.8) is 0 Å². The van der Waals surface area contributed by atoms with E-state index in [4.69, 9.17) is 0 Å². The van der Waals surface area contributed by atoms with Gasteiger partial charge in [0.15, 0.2) is 0 Å². The molecule has 0 aliphatic rings. The van der Waals surface area contributed by atoms with Gasteiger partial charge in [-0.15, -0.1) is 0 Å². The maximum Gasteiger partial charge on any atom is 0.0267 e. The third-order valence-corrected chi connectivity index (χ3v) is 1.13. The summed E-state index contributed by atoms with van der Waals surface area (Å²) in [5.74, 6) is 0. The molecule has 13 heavy (non-hydrogen) atoms. The monoisotopic (exact) mass is 178 g/mol. The molecule has 0 aliphatic carbocycles. The van der Waals surface area contributed by atoms with Gasteiger partial charge in [-0.2, -0.15) is 0 Å². The van der Waals surface area contributed by atoms with E-state index in [-0.39, 0.29) is 4.70 Å². The summed E-state index contributed by atoms with van der Waals surface area (Å²) in [7, 11) is 0. The second-order valence-corrected chi connectivity index (χ2v) is 2.05. The van der Waals surface area contributed by atoms with E-state index in [2.05, 4.69) is 9.97 Å². The van der Waals surface area contributed by atoms with E-state index in [1.807, 2.05) is 36.4 Å². The third kappa shape index (κ3) is 6.62. The predicted molar refractivity (Wildman–Crippen MR) is 51.0 cm³/mol. The first-order valence-corrected chi connectivity index (χ1v) is 3.70. The zero-order chi connectivity index (χ0) is 8.49. The summed E-state index contributed by atoms with van der Waals surface area (Å²) in [6.45, 7) is 0. The summed E-state index contributed by atoms with van der Waals surface area (Å²) in [5.41, 5.74) is 0. The Labute approximate surface area is 76.7 Å². The molecule has 2 heterocycles. The molecule has 0 saturated carbocycles. The van der Waals surface area contributed by atoms with E-state index >= 15 is 0 Å². The smallest absolute Gasteiger partial charge is 0.0267 e. The van der Waals surface area contributed by atoms with Crippen molar-refractivity contribution in [1.29, 1.82) is 0 Å². The van der Waals surface area contributed by atoms with Crippen molar-refractivity contribution in [2.45, 2.75) is 0 Å². The molecule has 0 aromatic carbocycles. The fraction of sp³-hybridized carbons (Fsp3) is 0. The molecule has 3 heteroatoms. The van der Waals surface area contributed by atoms with Gasteiger partial charge in [-0.05, 0) is 24.3 Å². The molecule has 2 nitrogen and oxygen atoms in total. The Morgan fingerprint density at radius 1 is 0.462 bits per heavy atom. The van der Waals surface area contributed by atoms with Crippen LogP contribution in [0, 0.1) is 0 Å². The van der Waals surface area contributed by atoms with Crippen LogP contribution in [0.2, 0.25) is 0 Å². The lowest BCUT2D eigenvalue weighted by molar-refractivity contribution is 1.11. The highest BCUT2D eigenvalue weighted by Crippen LogP contribution is 1.74. The summed E-state index contributed by atoms with van der Waals surface area (Å²) in [5, 5.41) is 0. The highest BCUT2D eigenvalue weighted by molar-refractivity contribution is 4.88. The highest BCUT2D eigenvalue weighted by Gasteiger charge is 1.59. The highest BCUT2D eigenvalue weighted by atomic mass is 19.0. The van der Waals surface area contributed by atoms with E-state index in [1.165, 1.54) is 0 Å². The van der Waals surface area contributed by atoms with Gasteiger partial charge in [0.2, 0.25) is 0 Å². The van der Waals surface area contributed by atoms with Crippen molar-refractivity contribution in [2.75, 3.05) is 0 Å². The van der Waals surface area contributed by atoms with Gasteiger partial charge < -0.3 is 0 Å². The Hall–Kier alpha value is -1.77. The molecule has 0 saturated heterocycles. The SMILES string of the molecule is F.c1ccncc1.c1ccncc1. The van der Waals surface area contributed by atoms with Gasteiger partial charge in [-0.3, -0.25) is 14.7 Å². The Morgan fingerprint density at radius 2 is 0.769 bits per heavy atom. The van der Waals surface area contributed by atoms with Gasteiger partial charge in [-0.1, -0.05) is 12.1 Å². The van der Waals surface area contributed by atoms with Crippen LogP contribution in [-0.4, -0.2) is 9.97 Å². The van der Waals surface area contributed by atoms with E-state index in [1.54, 1.807) is 24.8 Å². The molecule has 0 bridgehead atoms. The minimum atomic E-state index is 0. The number of halogens is 1. The van der Waals surface area contributed by atoms with Gasteiger partial charge in [-0.25, -0.2) is 0 Å². The van der Waals surface area contributed by atoms with Crippen molar-refractivity contribution >= 4 is 0 Å². The molecule has 2 aromatic rings. The Balaban J connectivity index is 0.000000206. The van der Waals surface area contributed by atoms with Crippen LogP contribution in [0.25, 0.3) is 0 Å². The Bertz CT molecular complexity index is 188.